The maximum atomic E-state index is 12.4. The van der Waals surface area contributed by atoms with Gasteiger partial charge in [0.25, 0.3) is 6.43 Å². The van der Waals surface area contributed by atoms with Crippen LogP contribution in [0.5, 0.6) is 5.88 Å². The summed E-state index contributed by atoms with van der Waals surface area (Å²) < 4.78 is 35.2. The van der Waals surface area contributed by atoms with Crippen LogP contribution in [0.4, 0.5) is 8.78 Å². The molecule has 26 heavy (non-hydrogen) atoms. The Morgan fingerprint density at radius 1 is 1.12 bits per heavy atom. The van der Waals surface area contributed by atoms with E-state index in [1.165, 1.54) is 6.20 Å². The number of aromatic nitrogens is 3. The highest BCUT2D eigenvalue weighted by atomic mass is 19.3. The number of hydrogen-bond donors (Lipinski definition) is 0. The van der Waals surface area contributed by atoms with E-state index in [4.69, 9.17) is 9.26 Å². The van der Waals surface area contributed by atoms with Crippen molar-refractivity contribution in [2.24, 2.45) is 0 Å². The molecule has 1 aromatic carbocycles. The highest BCUT2D eigenvalue weighted by Gasteiger charge is 2.25. The van der Waals surface area contributed by atoms with E-state index in [9.17, 15) is 8.78 Å². The summed E-state index contributed by atoms with van der Waals surface area (Å²) in [6.07, 6.45) is -0.584. The minimum Gasteiger partial charge on any atom is -0.471 e. The van der Waals surface area contributed by atoms with Gasteiger partial charge in [0, 0.05) is 12.6 Å². The highest BCUT2D eigenvalue weighted by molar-refractivity contribution is 5.60. The van der Waals surface area contributed by atoms with Gasteiger partial charge in [-0.1, -0.05) is 49.3 Å². The second kappa shape index (κ2) is 7.59. The van der Waals surface area contributed by atoms with Gasteiger partial charge in [-0.15, -0.1) is 0 Å². The van der Waals surface area contributed by atoms with Crippen LogP contribution in [0.15, 0.2) is 53.2 Å². The van der Waals surface area contributed by atoms with Crippen molar-refractivity contribution < 1.29 is 18.0 Å². The van der Waals surface area contributed by atoms with Gasteiger partial charge in [0.05, 0.1) is 5.56 Å². The van der Waals surface area contributed by atoms with Crippen LogP contribution >= 0.6 is 0 Å². The Morgan fingerprint density at radius 3 is 2.62 bits per heavy atom. The number of rotatable bonds is 7. The van der Waals surface area contributed by atoms with Crippen molar-refractivity contribution >= 4 is 0 Å². The zero-order valence-corrected chi connectivity index (χ0v) is 14.5. The van der Waals surface area contributed by atoms with Crippen molar-refractivity contribution in [3.8, 4) is 17.3 Å². The van der Waals surface area contributed by atoms with Gasteiger partial charge in [0.2, 0.25) is 17.6 Å². The summed E-state index contributed by atoms with van der Waals surface area (Å²) in [7, 11) is 0. The molecular weight excluding hydrogens is 340 g/mol. The van der Waals surface area contributed by atoms with Crippen molar-refractivity contribution in [2.45, 2.75) is 32.1 Å². The van der Waals surface area contributed by atoms with E-state index in [0.717, 1.165) is 5.56 Å². The van der Waals surface area contributed by atoms with Gasteiger partial charge in [-0.3, -0.25) is 0 Å². The number of nitrogens with zero attached hydrogens (tertiary/aromatic N) is 3. The average Bonchev–Trinajstić information content (AvgIpc) is 3.08. The summed E-state index contributed by atoms with van der Waals surface area (Å²) in [4.78, 5) is 8.37. The lowest BCUT2D eigenvalue weighted by Gasteiger charge is -2.23. The van der Waals surface area contributed by atoms with Crippen molar-refractivity contribution in [2.75, 3.05) is 6.61 Å². The smallest absolute Gasteiger partial charge is 0.272 e. The lowest BCUT2D eigenvalue weighted by molar-refractivity contribution is 0.0799. The second-order valence-corrected chi connectivity index (χ2v) is 6.50. The van der Waals surface area contributed by atoms with E-state index in [-0.39, 0.29) is 17.1 Å². The molecule has 0 saturated heterocycles. The van der Waals surface area contributed by atoms with Crippen LogP contribution in [0.3, 0.4) is 0 Å². The molecule has 0 spiro atoms. The molecule has 2 heterocycles. The van der Waals surface area contributed by atoms with Gasteiger partial charge < -0.3 is 9.26 Å². The van der Waals surface area contributed by atoms with Crippen LogP contribution in [0.25, 0.3) is 11.4 Å². The number of ether oxygens (including phenoxy) is 1. The van der Waals surface area contributed by atoms with E-state index in [0.29, 0.717) is 17.9 Å². The van der Waals surface area contributed by atoms with Gasteiger partial charge in [0.15, 0.2) is 6.61 Å². The molecule has 0 N–H and O–H groups in total. The molecule has 136 valence electrons. The summed E-state index contributed by atoms with van der Waals surface area (Å²) in [5.41, 5.74) is 1.37. The van der Waals surface area contributed by atoms with E-state index in [2.05, 4.69) is 41.1 Å². The Labute approximate surface area is 150 Å². The number of hydrogen-bond acceptors (Lipinski definition) is 5. The maximum Gasteiger partial charge on any atom is 0.272 e. The molecule has 5 nitrogen and oxygen atoms in total. The van der Waals surface area contributed by atoms with Crippen molar-refractivity contribution in [3.63, 3.8) is 0 Å². The van der Waals surface area contributed by atoms with E-state index in [1.807, 2.05) is 18.2 Å². The molecule has 3 aromatic rings. The summed E-state index contributed by atoms with van der Waals surface area (Å²) in [6, 6.07) is 13.4. The van der Waals surface area contributed by atoms with Gasteiger partial charge in [0.1, 0.15) is 0 Å². The molecule has 0 bridgehead atoms. The van der Waals surface area contributed by atoms with Crippen molar-refractivity contribution in [1.82, 2.24) is 15.1 Å². The first-order chi connectivity index (χ1) is 12.5. The Kier molecular flexibility index (Phi) is 5.25. The number of pyridine rings is 1. The fourth-order valence-electron chi connectivity index (χ4n) is 2.62. The molecule has 0 fully saturated rings. The molecule has 0 radical (unpaired) electrons. The fraction of sp³-hybridized carbons (Fsp3) is 0.316. The lowest BCUT2D eigenvalue weighted by atomic mass is 9.81. The van der Waals surface area contributed by atoms with Crippen LogP contribution in [-0.2, 0) is 11.8 Å². The number of halogens is 2. The number of benzene rings is 1. The van der Waals surface area contributed by atoms with E-state index < -0.39 is 13.0 Å². The third-order valence-corrected chi connectivity index (χ3v) is 3.97. The zero-order valence-electron chi connectivity index (χ0n) is 14.5. The Balaban J connectivity index is 1.80. The SMILES string of the molecule is CC(C)(Cc1nc(-c2cccnc2OCC(F)F)no1)c1ccccc1. The Hall–Kier alpha value is -2.83. The zero-order chi connectivity index (χ0) is 18.6. The standard InChI is InChI=1S/C19H19F2N3O2/c1-19(2,13-7-4-3-5-8-13)11-16-23-17(24-26-16)14-9-6-10-22-18(14)25-12-15(20)21/h3-10,15H,11-12H2,1-2H3. The second-order valence-electron chi connectivity index (χ2n) is 6.50. The summed E-state index contributed by atoms with van der Waals surface area (Å²) in [6.45, 7) is 3.44. The molecule has 2 aromatic heterocycles. The average molecular weight is 359 g/mol. The third kappa shape index (κ3) is 4.22. The molecule has 7 heteroatoms. The summed E-state index contributed by atoms with van der Waals surface area (Å²) in [5, 5.41) is 3.96. The molecule has 0 aliphatic rings. The molecular formula is C19H19F2N3O2. The molecule has 0 aliphatic carbocycles. The third-order valence-electron chi connectivity index (χ3n) is 3.97. The molecule has 3 rings (SSSR count). The Bertz CT molecular complexity index is 851. The van der Waals surface area contributed by atoms with Gasteiger partial charge in [-0.05, 0) is 23.1 Å². The van der Waals surface area contributed by atoms with E-state index >= 15 is 0 Å². The van der Waals surface area contributed by atoms with Gasteiger partial charge >= 0.3 is 0 Å². The predicted molar refractivity (Wildman–Crippen MR) is 92.2 cm³/mol. The van der Waals surface area contributed by atoms with Gasteiger partial charge in [-0.25, -0.2) is 13.8 Å². The van der Waals surface area contributed by atoms with Crippen LogP contribution in [0.2, 0.25) is 0 Å². The first-order valence-electron chi connectivity index (χ1n) is 8.20. The quantitative estimate of drug-likeness (QED) is 0.630. The molecule has 0 aliphatic heterocycles. The maximum absolute atomic E-state index is 12.4. The molecule has 0 atom stereocenters. The van der Waals surface area contributed by atoms with Gasteiger partial charge in [-0.2, -0.15) is 4.98 Å². The molecule has 0 amide bonds. The topological polar surface area (TPSA) is 61.0 Å². The predicted octanol–water partition coefficient (Wildman–Crippen LogP) is 4.30. The summed E-state index contributed by atoms with van der Waals surface area (Å²) >= 11 is 0. The monoisotopic (exact) mass is 359 g/mol. The van der Waals surface area contributed by atoms with Crippen LogP contribution in [0, 0.1) is 0 Å². The molecule has 0 unspecified atom stereocenters. The van der Waals surface area contributed by atoms with Crippen molar-refractivity contribution in [3.05, 3.63) is 60.1 Å². The van der Waals surface area contributed by atoms with Crippen LogP contribution in [0.1, 0.15) is 25.3 Å². The Morgan fingerprint density at radius 2 is 1.88 bits per heavy atom. The van der Waals surface area contributed by atoms with Crippen molar-refractivity contribution in [1.29, 1.82) is 0 Å². The fourth-order valence-corrected chi connectivity index (χ4v) is 2.62. The first-order valence-corrected chi connectivity index (χ1v) is 8.20. The minimum absolute atomic E-state index is 0.0578. The largest absolute Gasteiger partial charge is 0.471 e. The lowest BCUT2D eigenvalue weighted by Crippen LogP contribution is -2.20. The van der Waals surface area contributed by atoms with Crippen LogP contribution < -0.4 is 4.74 Å². The minimum atomic E-state index is -2.59. The molecule has 0 saturated carbocycles. The summed E-state index contributed by atoms with van der Waals surface area (Å²) in [5.74, 6) is 0.779. The first kappa shape index (κ1) is 18.0. The normalized spacial score (nSPS) is 11.7. The number of alkyl halides is 2. The van der Waals surface area contributed by atoms with Crippen LogP contribution in [-0.4, -0.2) is 28.2 Å². The van der Waals surface area contributed by atoms with E-state index in [1.54, 1.807) is 12.1 Å². The highest BCUT2D eigenvalue weighted by Crippen LogP contribution is 2.29.